The zero-order chi connectivity index (χ0) is 28.8. The first-order valence-corrected chi connectivity index (χ1v) is 16.2. The van der Waals surface area contributed by atoms with Crippen LogP contribution in [0.1, 0.15) is 0 Å². The summed E-state index contributed by atoms with van der Waals surface area (Å²) in [5, 5.41) is 9.56. The van der Waals surface area contributed by atoms with E-state index in [2.05, 4.69) is 127 Å². The van der Waals surface area contributed by atoms with Crippen LogP contribution in [0.3, 0.4) is 0 Å². The van der Waals surface area contributed by atoms with E-state index in [1.165, 1.54) is 46.4 Å². The second-order valence-electron chi connectivity index (χ2n) is 11.2. The molecule has 0 aliphatic heterocycles. The standard InChI is InChI=1S/C39H21N3S2/c1-2-10-23-21-24(18-17-22(23)9-1)34-38-35(29-14-6-8-16-32(29)44-38)42-39(41-34)36-27-13-4-3-12-26(27)33-30(40-36)20-19-28-25-11-5-7-15-31(25)43-37(28)33/h1-21H. The third kappa shape index (κ3) is 3.45. The van der Waals surface area contributed by atoms with Gasteiger partial charge >= 0.3 is 0 Å². The van der Waals surface area contributed by atoms with Crippen LogP contribution in [-0.4, -0.2) is 15.0 Å². The molecule has 0 saturated heterocycles. The first kappa shape index (κ1) is 24.2. The van der Waals surface area contributed by atoms with Crippen LogP contribution in [0.4, 0.5) is 0 Å². The van der Waals surface area contributed by atoms with Crippen LogP contribution in [-0.2, 0) is 0 Å². The summed E-state index contributed by atoms with van der Waals surface area (Å²) in [6.45, 7) is 0. The van der Waals surface area contributed by atoms with Crippen LogP contribution >= 0.6 is 22.7 Å². The maximum Gasteiger partial charge on any atom is 0.180 e. The maximum atomic E-state index is 5.34. The number of rotatable bonds is 2. The van der Waals surface area contributed by atoms with Gasteiger partial charge in [0.2, 0.25) is 0 Å². The Labute approximate surface area is 259 Å². The predicted molar refractivity (Wildman–Crippen MR) is 189 cm³/mol. The van der Waals surface area contributed by atoms with E-state index in [1.54, 1.807) is 11.3 Å². The molecule has 4 heterocycles. The molecule has 0 atom stereocenters. The van der Waals surface area contributed by atoms with Gasteiger partial charge in [0.05, 0.1) is 21.4 Å². The van der Waals surface area contributed by atoms with Gasteiger partial charge in [0, 0.05) is 46.6 Å². The predicted octanol–water partition coefficient (Wildman–Crippen LogP) is 11.4. The Morgan fingerprint density at radius 2 is 1.11 bits per heavy atom. The SMILES string of the molecule is c1ccc2cc(-c3nc(-c4nc5ccc6c7ccccc7sc6c5c5ccccc45)nc4c3sc3ccccc34)ccc2c1. The third-order valence-electron chi connectivity index (χ3n) is 8.66. The number of aromatic nitrogens is 3. The highest BCUT2D eigenvalue weighted by molar-refractivity contribution is 7.27. The lowest BCUT2D eigenvalue weighted by molar-refractivity contribution is 1.21. The highest BCUT2D eigenvalue weighted by atomic mass is 32.1. The average molecular weight is 596 g/mol. The van der Waals surface area contributed by atoms with Gasteiger partial charge in [-0.1, -0.05) is 103 Å². The first-order valence-electron chi connectivity index (χ1n) is 14.6. The molecular formula is C39H21N3S2. The fraction of sp³-hybridized carbons (Fsp3) is 0. The molecule has 0 fully saturated rings. The second kappa shape index (κ2) is 9.13. The molecule has 6 aromatic carbocycles. The van der Waals surface area contributed by atoms with E-state index in [0.29, 0.717) is 5.82 Å². The van der Waals surface area contributed by atoms with Crippen molar-refractivity contribution >= 4 is 95.6 Å². The largest absolute Gasteiger partial charge is 0.244 e. The molecule has 0 aliphatic rings. The average Bonchev–Trinajstić information content (AvgIpc) is 3.65. The molecule has 0 bridgehead atoms. The highest BCUT2D eigenvalue weighted by Crippen LogP contribution is 2.44. The monoisotopic (exact) mass is 595 g/mol. The van der Waals surface area contributed by atoms with Crippen molar-refractivity contribution < 1.29 is 0 Å². The quantitative estimate of drug-likeness (QED) is 0.187. The number of benzene rings is 6. The molecular weight excluding hydrogens is 575 g/mol. The number of nitrogens with zero attached hydrogens (tertiary/aromatic N) is 3. The zero-order valence-electron chi connectivity index (χ0n) is 23.3. The summed E-state index contributed by atoms with van der Waals surface area (Å²) in [5.41, 5.74) is 4.78. The van der Waals surface area contributed by atoms with Crippen LogP contribution in [0.15, 0.2) is 127 Å². The van der Waals surface area contributed by atoms with Crippen LogP contribution in [0, 0.1) is 0 Å². The number of hydrogen-bond donors (Lipinski definition) is 0. The Bertz CT molecular complexity index is 2790. The van der Waals surface area contributed by atoms with Gasteiger partial charge < -0.3 is 0 Å². The molecule has 204 valence electrons. The molecule has 0 spiro atoms. The van der Waals surface area contributed by atoms with E-state index in [1.807, 2.05) is 11.3 Å². The minimum absolute atomic E-state index is 0.652. The van der Waals surface area contributed by atoms with Crippen LogP contribution in [0.2, 0.25) is 0 Å². The molecule has 10 rings (SSSR count). The number of pyridine rings is 1. The smallest absolute Gasteiger partial charge is 0.180 e. The summed E-state index contributed by atoms with van der Waals surface area (Å²) >= 11 is 3.60. The van der Waals surface area contributed by atoms with E-state index in [-0.39, 0.29) is 0 Å². The minimum atomic E-state index is 0.652. The van der Waals surface area contributed by atoms with Crippen molar-refractivity contribution in [2.24, 2.45) is 0 Å². The highest BCUT2D eigenvalue weighted by Gasteiger charge is 2.21. The van der Waals surface area contributed by atoms with Crippen molar-refractivity contribution in [2.75, 3.05) is 0 Å². The molecule has 0 unspecified atom stereocenters. The Balaban J connectivity index is 1.31. The zero-order valence-corrected chi connectivity index (χ0v) is 24.9. The number of fused-ring (bicyclic) bond motifs is 11. The van der Waals surface area contributed by atoms with Crippen molar-refractivity contribution in [3.8, 4) is 22.8 Å². The number of hydrogen-bond acceptors (Lipinski definition) is 5. The molecule has 0 aliphatic carbocycles. The van der Waals surface area contributed by atoms with Crippen molar-refractivity contribution in [3.05, 3.63) is 127 Å². The lowest BCUT2D eigenvalue weighted by Gasteiger charge is -2.12. The van der Waals surface area contributed by atoms with Crippen molar-refractivity contribution in [1.82, 2.24) is 15.0 Å². The normalized spacial score (nSPS) is 12.1. The van der Waals surface area contributed by atoms with E-state index in [0.717, 1.165) is 43.5 Å². The summed E-state index contributed by atoms with van der Waals surface area (Å²) in [5.74, 6) is 0.652. The van der Waals surface area contributed by atoms with Crippen LogP contribution < -0.4 is 0 Å². The lowest BCUT2D eigenvalue weighted by Crippen LogP contribution is -1.97. The van der Waals surface area contributed by atoms with Crippen molar-refractivity contribution in [2.45, 2.75) is 0 Å². The molecule has 0 N–H and O–H groups in total. The maximum absolute atomic E-state index is 5.34. The Kier molecular flexibility index (Phi) is 5.03. The topological polar surface area (TPSA) is 38.7 Å². The van der Waals surface area contributed by atoms with Gasteiger partial charge in [-0.05, 0) is 40.4 Å². The van der Waals surface area contributed by atoms with Crippen LogP contribution in [0.5, 0.6) is 0 Å². The minimum Gasteiger partial charge on any atom is -0.244 e. The molecule has 10 aromatic rings. The first-order chi connectivity index (χ1) is 21.8. The number of thiophene rings is 2. The van der Waals surface area contributed by atoms with Gasteiger partial charge in [0.1, 0.15) is 5.69 Å². The lowest BCUT2D eigenvalue weighted by atomic mass is 10.0. The summed E-state index contributed by atoms with van der Waals surface area (Å²) in [4.78, 5) is 15.9. The fourth-order valence-corrected chi connectivity index (χ4v) is 9.03. The van der Waals surface area contributed by atoms with E-state index in [4.69, 9.17) is 15.0 Å². The molecule has 5 heteroatoms. The van der Waals surface area contributed by atoms with E-state index < -0.39 is 0 Å². The molecule has 0 radical (unpaired) electrons. The van der Waals surface area contributed by atoms with E-state index >= 15 is 0 Å². The molecule has 4 aromatic heterocycles. The summed E-state index contributed by atoms with van der Waals surface area (Å²) in [7, 11) is 0. The Morgan fingerprint density at radius 3 is 1.98 bits per heavy atom. The second-order valence-corrected chi connectivity index (χ2v) is 13.3. The fourth-order valence-electron chi connectivity index (χ4n) is 6.62. The van der Waals surface area contributed by atoms with Crippen molar-refractivity contribution in [1.29, 1.82) is 0 Å². The molecule has 44 heavy (non-hydrogen) atoms. The van der Waals surface area contributed by atoms with E-state index in [9.17, 15) is 0 Å². The summed E-state index contributed by atoms with van der Waals surface area (Å²) < 4.78 is 4.87. The summed E-state index contributed by atoms with van der Waals surface area (Å²) in [6.07, 6.45) is 0. The van der Waals surface area contributed by atoms with Gasteiger partial charge in [-0.2, -0.15) is 0 Å². The van der Waals surface area contributed by atoms with Gasteiger partial charge in [-0.3, -0.25) is 0 Å². The molecule has 3 nitrogen and oxygen atoms in total. The molecule has 0 amide bonds. The Hall–Kier alpha value is -5.23. The van der Waals surface area contributed by atoms with Crippen molar-refractivity contribution in [3.63, 3.8) is 0 Å². The van der Waals surface area contributed by atoms with Gasteiger partial charge in [-0.25, -0.2) is 15.0 Å². The van der Waals surface area contributed by atoms with Gasteiger partial charge in [0.15, 0.2) is 5.82 Å². The third-order valence-corrected chi connectivity index (χ3v) is 11.0. The summed E-state index contributed by atoms with van der Waals surface area (Å²) in [6, 6.07) is 45.2. The molecule has 0 saturated carbocycles. The van der Waals surface area contributed by atoms with Crippen LogP contribution in [0.25, 0.3) is 95.7 Å². The van der Waals surface area contributed by atoms with Gasteiger partial charge in [-0.15, -0.1) is 22.7 Å². The van der Waals surface area contributed by atoms with Gasteiger partial charge in [0.25, 0.3) is 0 Å². The Morgan fingerprint density at radius 1 is 0.432 bits per heavy atom.